The first-order chi connectivity index (χ1) is 12.2. The van der Waals surface area contributed by atoms with Gasteiger partial charge >= 0.3 is 0 Å². The number of guanidine groups is 1. The molecular formula is C20H31FIN3O. The van der Waals surface area contributed by atoms with Crippen LogP contribution in [-0.2, 0) is 10.2 Å². The van der Waals surface area contributed by atoms with Crippen LogP contribution in [0, 0.1) is 5.82 Å². The average Bonchev–Trinajstić information content (AvgIpc) is 2.67. The lowest BCUT2D eigenvalue weighted by atomic mass is 9.74. The second-order valence-corrected chi connectivity index (χ2v) is 7.30. The lowest BCUT2D eigenvalue weighted by molar-refractivity contribution is 0.0513. The Kier molecular flexibility index (Phi) is 8.60. The highest BCUT2D eigenvalue weighted by Crippen LogP contribution is 2.34. The monoisotopic (exact) mass is 475 g/mol. The van der Waals surface area contributed by atoms with E-state index in [1.54, 1.807) is 12.1 Å². The third-order valence-electron chi connectivity index (χ3n) is 5.67. The number of aliphatic imine (C=N–C) groups is 1. The predicted octanol–water partition coefficient (Wildman–Crippen LogP) is 3.99. The normalized spacial score (nSPS) is 20.9. The van der Waals surface area contributed by atoms with Crippen molar-refractivity contribution in [1.82, 2.24) is 10.6 Å². The van der Waals surface area contributed by atoms with E-state index in [2.05, 4.69) is 15.6 Å². The maximum absolute atomic E-state index is 13.3. The van der Waals surface area contributed by atoms with E-state index in [1.807, 2.05) is 19.2 Å². The maximum atomic E-state index is 13.3. The SMILES string of the molecule is CN=C(NCC1(c2ccc(F)cc2)CCOCC1)NC1CCCCC1.I. The molecule has 1 aliphatic heterocycles. The Morgan fingerprint density at radius 1 is 1.15 bits per heavy atom. The molecule has 0 aromatic heterocycles. The van der Waals surface area contributed by atoms with Gasteiger partial charge in [0.05, 0.1) is 0 Å². The fourth-order valence-corrected chi connectivity index (χ4v) is 4.02. The molecule has 0 atom stereocenters. The van der Waals surface area contributed by atoms with Crippen molar-refractivity contribution >= 4 is 29.9 Å². The van der Waals surface area contributed by atoms with Gasteiger partial charge in [0, 0.05) is 38.3 Å². The third-order valence-corrected chi connectivity index (χ3v) is 5.67. The van der Waals surface area contributed by atoms with Gasteiger partial charge in [-0.15, -0.1) is 24.0 Å². The predicted molar refractivity (Wildman–Crippen MR) is 115 cm³/mol. The summed E-state index contributed by atoms with van der Waals surface area (Å²) >= 11 is 0. The molecule has 4 nitrogen and oxygen atoms in total. The van der Waals surface area contributed by atoms with Crippen LogP contribution in [0.1, 0.15) is 50.5 Å². The number of hydrogen-bond donors (Lipinski definition) is 2. The highest BCUT2D eigenvalue weighted by atomic mass is 127. The van der Waals surface area contributed by atoms with E-state index in [1.165, 1.54) is 37.7 Å². The number of hydrogen-bond acceptors (Lipinski definition) is 2. The zero-order valence-corrected chi connectivity index (χ0v) is 17.9. The van der Waals surface area contributed by atoms with Crippen LogP contribution in [0.2, 0.25) is 0 Å². The number of nitrogens with zero attached hydrogens (tertiary/aromatic N) is 1. The molecule has 1 aliphatic carbocycles. The molecule has 146 valence electrons. The Labute approximate surface area is 173 Å². The Morgan fingerprint density at radius 3 is 2.42 bits per heavy atom. The van der Waals surface area contributed by atoms with Gasteiger partial charge in [-0.3, -0.25) is 4.99 Å². The van der Waals surface area contributed by atoms with E-state index >= 15 is 0 Å². The van der Waals surface area contributed by atoms with Crippen molar-refractivity contribution in [2.45, 2.75) is 56.4 Å². The summed E-state index contributed by atoms with van der Waals surface area (Å²) in [5.41, 5.74) is 1.15. The van der Waals surface area contributed by atoms with Gasteiger partial charge in [0.1, 0.15) is 5.82 Å². The summed E-state index contributed by atoms with van der Waals surface area (Å²) in [4.78, 5) is 4.41. The van der Waals surface area contributed by atoms with Gasteiger partial charge < -0.3 is 15.4 Å². The van der Waals surface area contributed by atoms with Crippen LogP contribution >= 0.6 is 24.0 Å². The minimum atomic E-state index is -0.186. The molecule has 1 saturated carbocycles. The minimum Gasteiger partial charge on any atom is -0.381 e. The molecule has 1 heterocycles. The summed E-state index contributed by atoms with van der Waals surface area (Å²) in [6.45, 7) is 2.27. The van der Waals surface area contributed by atoms with Crippen molar-refractivity contribution in [1.29, 1.82) is 0 Å². The van der Waals surface area contributed by atoms with Gasteiger partial charge in [-0.1, -0.05) is 31.4 Å². The summed E-state index contributed by atoms with van der Waals surface area (Å²) in [5.74, 6) is 0.688. The first-order valence-corrected chi connectivity index (χ1v) is 9.53. The molecule has 2 fully saturated rings. The summed E-state index contributed by atoms with van der Waals surface area (Å²) in [6.07, 6.45) is 8.25. The Morgan fingerprint density at radius 2 is 1.81 bits per heavy atom. The molecule has 0 radical (unpaired) electrons. The Bertz CT molecular complexity index is 567. The average molecular weight is 475 g/mol. The standard InChI is InChI=1S/C20H30FN3O.HI/c1-22-19(24-18-5-3-2-4-6-18)23-15-20(11-13-25-14-12-20)16-7-9-17(21)10-8-16;/h7-10,18H,2-6,11-15H2,1H3,(H2,22,23,24);1H. The maximum Gasteiger partial charge on any atom is 0.191 e. The fraction of sp³-hybridized carbons (Fsp3) is 0.650. The van der Waals surface area contributed by atoms with E-state index in [4.69, 9.17) is 4.74 Å². The van der Waals surface area contributed by atoms with Crippen LogP contribution in [0.15, 0.2) is 29.3 Å². The van der Waals surface area contributed by atoms with Crippen molar-refractivity contribution in [3.05, 3.63) is 35.6 Å². The lowest BCUT2D eigenvalue weighted by Gasteiger charge is -2.38. The molecule has 3 rings (SSSR count). The Balaban J connectivity index is 0.00000243. The highest BCUT2D eigenvalue weighted by molar-refractivity contribution is 14.0. The molecule has 0 spiro atoms. The van der Waals surface area contributed by atoms with E-state index in [9.17, 15) is 4.39 Å². The zero-order valence-electron chi connectivity index (χ0n) is 15.6. The van der Waals surface area contributed by atoms with Crippen LogP contribution < -0.4 is 10.6 Å². The number of ether oxygens (including phenoxy) is 1. The molecule has 26 heavy (non-hydrogen) atoms. The number of rotatable bonds is 4. The van der Waals surface area contributed by atoms with Crippen molar-refractivity contribution in [3.63, 3.8) is 0 Å². The van der Waals surface area contributed by atoms with Crippen molar-refractivity contribution in [2.75, 3.05) is 26.8 Å². The topological polar surface area (TPSA) is 45.7 Å². The van der Waals surface area contributed by atoms with E-state index in [0.29, 0.717) is 6.04 Å². The van der Waals surface area contributed by atoms with Crippen molar-refractivity contribution < 1.29 is 9.13 Å². The molecule has 1 saturated heterocycles. The van der Waals surface area contributed by atoms with Gasteiger partial charge in [-0.25, -0.2) is 4.39 Å². The minimum absolute atomic E-state index is 0. The lowest BCUT2D eigenvalue weighted by Crippen LogP contribution is -2.50. The van der Waals surface area contributed by atoms with E-state index in [0.717, 1.165) is 38.6 Å². The molecule has 2 N–H and O–H groups in total. The molecule has 2 aliphatic rings. The largest absolute Gasteiger partial charge is 0.381 e. The number of benzene rings is 1. The summed E-state index contributed by atoms with van der Waals surface area (Å²) in [5, 5.41) is 7.10. The first kappa shape index (κ1) is 21.4. The molecular weight excluding hydrogens is 444 g/mol. The molecule has 0 amide bonds. The quantitative estimate of drug-likeness (QED) is 0.394. The van der Waals surface area contributed by atoms with Gasteiger partial charge in [0.25, 0.3) is 0 Å². The van der Waals surface area contributed by atoms with Crippen LogP contribution in [0.4, 0.5) is 4.39 Å². The summed E-state index contributed by atoms with van der Waals surface area (Å²) in [7, 11) is 1.83. The van der Waals surface area contributed by atoms with Gasteiger partial charge in [0.15, 0.2) is 5.96 Å². The summed E-state index contributed by atoms with van der Waals surface area (Å²) < 4.78 is 18.9. The molecule has 0 unspecified atom stereocenters. The zero-order chi connectivity index (χ0) is 17.5. The smallest absolute Gasteiger partial charge is 0.191 e. The van der Waals surface area contributed by atoms with Gasteiger partial charge in [-0.05, 0) is 43.4 Å². The molecule has 1 aromatic rings. The molecule has 1 aromatic carbocycles. The van der Waals surface area contributed by atoms with Crippen molar-refractivity contribution in [2.24, 2.45) is 4.99 Å². The van der Waals surface area contributed by atoms with E-state index in [-0.39, 0.29) is 35.2 Å². The second kappa shape index (κ2) is 10.4. The fourth-order valence-electron chi connectivity index (χ4n) is 4.02. The van der Waals surface area contributed by atoms with Gasteiger partial charge in [-0.2, -0.15) is 0 Å². The van der Waals surface area contributed by atoms with Crippen LogP contribution in [0.25, 0.3) is 0 Å². The molecule has 6 heteroatoms. The van der Waals surface area contributed by atoms with Crippen molar-refractivity contribution in [3.8, 4) is 0 Å². The molecule has 0 bridgehead atoms. The number of halogens is 2. The van der Waals surface area contributed by atoms with Crippen LogP contribution in [0.3, 0.4) is 0 Å². The number of nitrogens with one attached hydrogen (secondary N) is 2. The first-order valence-electron chi connectivity index (χ1n) is 9.53. The van der Waals surface area contributed by atoms with E-state index < -0.39 is 0 Å². The van der Waals surface area contributed by atoms with Gasteiger partial charge in [0.2, 0.25) is 0 Å². The van der Waals surface area contributed by atoms with Crippen LogP contribution in [-0.4, -0.2) is 38.8 Å². The highest BCUT2D eigenvalue weighted by Gasteiger charge is 2.34. The summed E-state index contributed by atoms with van der Waals surface area (Å²) in [6, 6.07) is 7.47. The Hall–Kier alpha value is -0.890. The van der Waals surface area contributed by atoms with Crippen LogP contribution in [0.5, 0.6) is 0 Å². The second-order valence-electron chi connectivity index (χ2n) is 7.30. The third kappa shape index (κ3) is 5.55.